The molecule has 1 aromatic heterocycles. The quantitative estimate of drug-likeness (QED) is 0.196. The van der Waals surface area contributed by atoms with Gasteiger partial charge in [0, 0.05) is 24.1 Å². The van der Waals surface area contributed by atoms with Crippen molar-refractivity contribution in [3.63, 3.8) is 0 Å². The Hall–Kier alpha value is -3.62. The molecule has 150 valence electrons. The van der Waals surface area contributed by atoms with Gasteiger partial charge in [0.15, 0.2) is 5.69 Å². The Labute approximate surface area is 164 Å². The zero-order chi connectivity index (χ0) is 21.0. The topological polar surface area (TPSA) is 104 Å². The Balaban J connectivity index is 2.06. The number of carbonyl (C=O) groups excluding carboxylic acids is 1. The largest absolute Gasteiger partial charge is 0.414 e. The van der Waals surface area contributed by atoms with Gasteiger partial charge in [0.25, 0.3) is 5.56 Å². The average Bonchev–Trinajstić information content (AvgIpc) is 2.69. The van der Waals surface area contributed by atoms with Gasteiger partial charge in [-0.15, -0.1) is 0 Å². The molecule has 0 spiro atoms. The van der Waals surface area contributed by atoms with E-state index in [0.29, 0.717) is 13.0 Å². The summed E-state index contributed by atoms with van der Waals surface area (Å²) in [5, 5.41) is 15.8. The number of hydrogen-bond acceptors (Lipinski definition) is 6. The molecule has 3 aromatic rings. The van der Waals surface area contributed by atoms with Gasteiger partial charge in [0.1, 0.15) is 5.82 Å². The fourth-order valence-corrected chi connectivity index (χ4v) is 2.92. The first-order valence-corrected chi connectivity index (χ1v) is 9.08. The highest BCUT2D eigenvalue weighted by atomic mass is 19.1. The molecule has 0 saturated heterocycles. The predicted octanol–water partition coefficient (Wildman–Crippen LogP) is 3.85. The smallest absolute Gasteiger partial charge is 0.365 e. The second-order valence-corrected chi connectivity index (χ2v) is 6.39. The van der Waals surface area contributed by atoms with Crippen LogP contribution in [0.5, 0.6) is 5.75 Å². The first-order valence-electron chi connectivity index (χ1n) is 9.08. The molecule has 0 bridgehead atoms. The van der Waals surface area contributed by atoms with E-state index >= 15 is 0 Å². The molecule has 0 atom stereocenters. The molecule has 0 amide bonds. The molecule has 0 radical (unpaired) electrons. The maximum absolute atomic E-state index is 13.5. The van der Waals surface area contributed by atoms with Crippen LogP contribution in [0.4, 0.5) is 10.1 Å². The molecule has 0 unspecified atom stereocenters. The van der Waals surface area contributed by atoms with Crippen molar-refractivity contribution in [2.75, 3.05) is 0 Å². The Morgan fingerprint density at radius 2 is 1.93 bits per heavy atom. The standard InChI is InChI=1S/C20H18FN3O5/c1-2-3-6-11-23-19(25)15-8-5-4-7-14(15)18(22-23)20(26)29-17-12-13(21)9-10-16(17)24(27)28/h4-5,7-10,12H,2-3,6,11H2,1H3. The number of ether oxygens (including phenoxy) is 1. The number of aryl methyl sites for hydroxylation is 1. The van der Waals surface area contributed by atoms with E-state index in [1.807, 2.05) is 6.92 Å². The molecule has 2 aromatic carbocycles. The van der Waals surface area contributed by atoms with Crippen LogP contribution in [0.2, 0.25) is 0 Å². The number of carbonyl (C=O) groups is 1. The van der Waals surface area contributed by atoms with Gasteiger partial charge >= 0.3 is 11.7 Å². The Morgan fingerprint density at radius 1 is 1.21 bits per heavy atom. The third kappa shape index (κ3) is 4.29. The molecule has 9 heteroatoms. The fourth-order valence-electron chi connectivity index (χ4n) is 2.92. The van der Waals surface area contributed by atoms with Gasteiger partial charge in [-0.25, -0.2) is 13.9 Å². The van der Waals surface area contributed by atoms with Gasteiger partial charge < -0.3 is 4.74 Å². The lowest BCUT2D eigenvalue weighted by Gasteiger charge is -2.11. The molecular weight excluding hydrogens is 381 g/mol. The lowest BCUT2D eigenvalue weighted by molar-refractivity contribution is -0.385. The summed E-state index contributed by atoms with van der Waals surface area (Å²) in [5.74, 6) is -2.34. The maximum Gasteiger partial charge on any atom is 0.365 e. The molecule has 0 saturated carbocycles. The summed E-state index contributed by atoms with van der Waals surface area (Å²) in [6.07, 6.45) is 2.53. The number of halogens is 1. The highest BCUT2D eigenvalue weighted by Gasteiger charge is 2.23. The molecule has 0 aliphatic carbocycles. The maximum atomic E-state index is 13.5. The van der Waals surface area contributed by atoms with Crippen LogP contribution >= 0.6 is 0 Å². The molecule has 29 heavy (non-hydrogen) atoms. The number of nitro benzene ring substituents is 1. The van der Waals surface area contributed by atoms with Crippen molar-refractivity contribution in [2.24, 2.45) is 0 Å². The number of benzene rings is 2. The second-order valence-electron chi connectivity index (χ2n) is 6.39. The molecule has 3 rings (SSSR count). The van der Waals surface area contributed by atoms with Crippen molar-refractivity contribution >= 4 is 22.4 Å². The SMILES string of the molecule is CCCCCn1nc(C(=O)Oc2cc(F)ccc2[N+](=O)[O-])c2ccccc2c1=O. The summed E-state index contributed by atoms with van der Waals surface area (Å²) < 4.78 is 19.8. The fraction of sp³-hybridized carbons (Fsp3) is 0.250. The lowest BCUT2D eigenvalue weighted by Crippen LogP contribution is -2.27. The van der Waals surface area contributed by atoms with Crippen LogP contribution in [-0.4, -0.2) is 20.7 Å². The zero-order valence-corrected chi connectivity index (χ0v) is 15.6. The van der Waals surface area contributed by atoms with Crippen molar-refractivity contribution in [1.82, 2.24) is 9.78 Å². The van der Waals surface area contributed by atoms with E-state index in [4.69, 9.17) is 4.74 Å². The van der Waals surface area contributed by atoms with Gasteiger partial charge in [0.2, 0.25) is 5.75 Å². The van der Waals surface area contributed by atoms with Gasteiger partial charge in [0.05, 0.1) is 10.3 Å². The van der Waals surface area contributed by atoms with E-state index < -0.39 is 28.1 Å². The van der Waals surface area contributed by atoms with E-state index in [1.54, 1.807) is 18.2 Å². The minimum Gasteiger partial charge on any atom is -0.414 e. The minimum atomic E-state index is -1.01. The van der Waals surface area contributed by atoms with Crippen LogP contribution in [0, 0.1) is 15.9 Å². The molecule has 0 fully saturated rings. The summed E-state index contributed by atoms with van der Waals surface area (Å²) in [6, 6.07) is 8.97. The van der Waals surface area contributed by atoms with Crippen molar-refractivity contribution in [3.8, 4) is 5.75 Å². The number of esters is 1. The van der Waals surface area contributed by atoms with Crippen molar-refractivity contribution in [1.29, 1.82) is 0 Å². The number of fused-ring (bicyclic) bond motifs is 1. The zero-order valence-electron chi connectivity index (χ0n) is 15.6. The monoisotopic (exact) mass is 399 g/mol. The van der Waals surface area contributed by atoms with Crippen molar-refractivity contribution < 1.29 is 18.8 Å². The minimum absolute atomic E-state index is 0.171. The first-order chi connectivity index (χ1) is 13.9. The van der Waals surface area contributed by atoms with Gasteiger partial charge in [-0.3, -0.25) is 14.9 Å². The summed E-state index contributed by atoms with van der Waals surface area (Å²) in [7, 11) is 0. The van der Waals surface area contributed by atoms with Crippen molar-refractivity contribution in [2.45, 2.75) is 32.7 Å². The summed E-state index contributed by atoms with van der Waals surface area (Å²) in [5.41, 5.74) is -1.07. The predicted molar refractivity (Wildman–Crippen MR) is 104 cm³/mol. The Morgan fingerprint density at radius 3 is 2.62 bits per heavy atom. The van der Waals surface area contributed by atoms with E-state index in [0.717, 1.165) is 31.0 Å². The molecular formula is C20H18FN3O5. The highest BCUT2D eigenvalue weighted by Crippen LogP contribution is 2.28. The molecule has 0 aliphatic rings. The van der Waals surface area contributed by atoms with Gasteiger partial charge in [-0.05, 0) is 18.6 Å². The van der Waals surface area contributed by atoms with Crippen LogP contribution in [-0.2, 0) is 6.54 Å². The van der Waals surface area contributed by atoms with Crippen LogP contribution in [0.1, 0.15) is 36.7 Å². The Kier molecular flexibility index (Phi) is 5.96. The number of nitro groups is 1. The third-order valence-electron chi connectivity index (χ3n) is 4.36. The number of unbranched alkanes of at least 4 members (excludes halogenated alkanes) is 2. The van der Waals surface area contributed by atoms with Gasteiger partial charge in [-0.2, -0.15) is 5.10 Å². The van der Waals surface area contributed by atoms with Crippen LogP contribution < -0.4 is 10.3 Å². The normalized spacial score (nSPS) is 10.8. The molecule has 0 N–H and O–H groups in total. The second kappa shape index (κ2) is 8.59. The van der Waals surface area contributed by atoms with Crippen molar-refractivity contribution in [3.05, 3.63) is 74.4 Å². The number of rotatable bonds is 7. The Bertz CT molecular complexity index is 1140. The van der Waals surface area contributed by atoms with Gasteiger partial charge in [-0.1, -0.05) is 38.0 Å². The highest BCUT2D eigenvalue weighted by molar-refractivity contribution is 6.03. The van der Waals surface area contributed by atoms with Crippen LogP contribution in [0.3, 0.4) is 0 Å². The van der Waals surface area contributed by atoms with E-state index in [1.165, 1.54) is 10.7 Å². The first kappa shape index (κ1) is 20.1. The lowest BCUT2D eigenvalue weighted by atomic mass is 10.1. The summed E-state index contributed by atoms with van der Waals surface area (Å²) in [6.45, 7) is 2.34. The summed E-state index contributed by atoms with van der Waals surface area (Å²) in [4.78, 5) is 35.8. The number of hydrogen-bond donors (Lipinski definition) is 0. The third-order valence-corrected chi connectivity index (χ3v) is 4.36. The van der Waals surface area contributed by atoms with Crippen LogP contribution in [0.15, 0.2) is 47.3 Å². The number of aromatic nitrogens is 2. The molecule has 1 heterocycles. The number of nitrogens with zero attached hydrogens (tertiary/aromatic N) is 3. The van der Waals surface area contributed by atoms with E-state index in [2.05, 4.69) is 5.10 Å². The molecule has 0 aliphatic heterocycles. The average molecular weight is 399 g/mol. The van der Waals surface area contributed by atoms with E-state index in [-0.39, 0.29) is 22.0 Å². The molecule has 8 nitrogen and oxygen atoms in total. The summed E-state index contributed by atoms with van der Waals surface area (Å²) >= 11 is 0. The van der Waals surface area contributed by atoms with E-state index in [9.17, 15) is 24.1 Å². The van der Waals surface area contributed by atoms with Crippen LogP contribution in [0.25, 0.3) is 10.8 Å².